The monoisotopic (exact) mass is 358 g/mol. The first kappa shape index (κ1) is 17.6. The van der Waals surface area contributed by atoms with Crippen molar-refractivity contribution in [2.75, 3.05) is 14.2 Å². The Bertz CT molecular complexity index is 882. The lowest BCUT2D eigenvalue weighted by Gasteiger charge is -2.08. The van der Waals surface area contributed by atoms with Gasteiger partial charge < -0.3 is 14.0 Å². The quantitative estimate of drug-likeness (QED) is 0.770. The number of benzene rings is 1. The van der Waals surface area contributed by atoms with Gasteiger partial charge in [0.05, 0.1) is 31.0 Å². The summed E-state index contributed by atoms with van der Waals surface area (Å²) in [5.41, 5.74) is 0.896. The number of hydrogen-bond donors (Lipinski definition) is 0. The maximum Gasteiger partial charge on any atom is 0.248 e. The van der Waals surface area contributed by atoms with E-state index < -0.39 is 0 Å². The summed E-state index contributed by atoms with van der Waals surface area (Å²) < 4.78 is 13.6. The minimum atomic E-state index is -0.0665. The van der Waals surface area contributed by atoms with E-state index in [1.165, 1.54) is 24.2 Å². The number of hydrogen-bond acceptors (Lipinski definition) is 4. The molecular formula is C19H22N2O3S. The van der Waals surface area contributed by atoms with Gasteiger partial charge in [-0.15, -0.1) is 6.42 Å². The molecule has 0 atom stereocenters. The van der Waals surface area contributed by atoms with Crippen LogP contribution in [0.5, 0.6) is 11.5 Å². The van der Waals surface area contributed by atoms with Gasteiger partial charge in [-0.2, -0.15) is 4.99 Å². The topological polar surface area (TPSA) is 52.8 Å². The number of thiazole rings is 1. The van der Waals surface area contributed by atoms with E-state index in [4.69, 9.17) is 15.9 Å². The molecule has 1 heterocycles. The second kappa shape index (κ2) is 7.75. The van der Waals surface area contributed by atoms with Crippen molar-refractivity contribution in [2.45, 2.75) is 38.6 Å². The highest BCUT2D eigenvalue weighted by Crippen LogP contribution is 2.33. The van der Waals surface area contributed by atoms with Crippen molar-refractivity contribution in [1.82, 2.24) is 4.57 Å². The van der Waals surface area contributed by atoms with Crippen LogP contribution >= 0.6 is 11.3 Å². The van der Waals surface area contributed by atoms with Gasteiger partial charge in [0.25, 0.3) is 0 Å². The molecular weight excluding hydrogens is 336 g/mol. The summed E-state index contributed by atoms with van der Waals surface area (Å²) in [6.07, 6.45) is 10.7. The Morgan fingerprint density at radius 1 is 1.32 bits per heavy atom. The lowest BCUT2D eigenvalue weighted by atomic mass is 10.0. The molecule has 0 bridgehead atoms. The fraction of sp³-hybridized carbons (Fsp3) is 0.474. The molecule has 1 amide bonds. The van der Waals surface area contributed by atoms with Gasteiger partial charge in [-0.3, -0.25) is 4.79 Å². The molecule has 0 N–H and O–H groups in total. The van der Waals surface area contributed by atoms with Crippen LogP contribution in [0.3, 0.4) is 0 Å². The molecule has 1 fully saturated rings. The van der Waals surface area contributed by atoms with E-state index in [0.29, 0.717) is 35.2 Å². The summed E-state index contributed by atoms with van der Waals surface area (Å²) in [5, 5.41) is 0. The number of nitrogens with zero attached hydrogens (tertiary/aromatic N) is 2. The number of amides is 1. The highest BCUT2D eigenvalue weighted by molar-refractivity contribution is 7.16. The predicted octanol–water partition coefficient (Wildman–Crippen LogP) is 3.36. The predicted molar refractivity (Wildman–Crippen MR) is 98.9 cm³/mol. The molecule has 132 valence electrons. The van der Waals surface area contributed by atoms with Crippen molar-refractivity contribution >= 4 is 27.5 Å². The van der Waals surface area contributed by atoms with Crippen molar-refractivity contribution in [3.8, 4) is 23.8 Å². The highest BCUT2D eigenvalue weighted by atomic mass is 32.1. The maximum absolute atomic E-state index is 12.4. The van der Waals surface area contributed by atoms with Crippen LogP contribution < -0.4 is 14.3 Å². The Labute approximate surface area is 151 Å². The van der Waals surface area contributed by atoms with E-state index in [9.17, 15) is 4.79 Å². The van der Waals surface area contributed by atoms with Gasteiger partial charge in [0.2, 0.25) is 5.91 Å². The van der Waals surface area contributed by atoms with Crippen molar-refractivity contribution in [3.63, 3.8) is 0 Å². The molecule has 0 aliphatic heterocycles. The molecule has 0 spiro atoms. The van der Waals surface area contributed by atoms with E-state index in [0.717, 1.165) is 23.1 Å². The summed E-state index contributed by atoms with van der Waals surface area (Å²) in [6, 6.07) is 3.77. The van der Waals surface area contributed by atoms with Gasteiger partial charge in [-0.05, 0) is 18.8 Å². The van der Waals surface area contributed by atoms with Crippen molar-refractivity contribution in [2.24, 2.45) is 10.9 Å². The fourth-order valence-corrected chi connectivity index (χ4v) is 4.40. The number of aromatic nitrogens is 1. The summed E-state index contributed by atoms with van der Waals surface area (Å²) >= 11 is 1.44. The number of carbonyl (C=O) groups excluding carboxylic acids is 1. The zero-order valence-corrected chi connectivity index (χ0v) is 15.4. The number of fused-ring (bicyclic) bond motifs is 1. The van der Waals surface area contributed by atoms with E-state index in [1.54, 1.807) is 14.2 Å². The van der Waals surface area contributed by atoms with Crippen LogP contribution in [0.2, 0.25) is 0 Å². The first-order chi connectivity index (χ1) is 12.2. The van der Waals surface area contributed by atoms with Crippen molar-refractivity contribution in [3.05, 3.63) is 16.9 Å². The third-order valence-electron chi connectivity index (χ3n) is 4.60. The van der Waals surface area contributed by atoms with Crippen LogP contribution in [0.25, 0.3) is 10.2 Å². The Morgan fingerprint density at radius 2 is 2.00 bits per heavy atom. The first-order valence-electron chi connectivity index (χ1n) is 8.42. The zero-order valence-electron chi connectivity index (χ0n) is 14.6. The third-order valence-corrected chi connectivity index (χ3v) is 5.64. The summed E-state index contributed by atoms with van der Waals surface area (Å²) in [5.74, 6) is 4.33. The van der Waals surface area contributed by atoms with E-state index in [1.807, 2.05) is 16.7 Å². The third kappa shape index (κ3) is 3.72. The maximum atomic E-state index is 12.4. The lowest BCUT2D eigenvalue weighted by Crippen LogP contribution is -2.17. The van der Waals surface area contributed by atoms with Gasteiger partial charge in [0, 0.05) is 18.6 Å². The summed E-state index contributed by atoms with van der Waals surface area (Å²) in [4.78, 5) is 17.4. The summed E-state index contributed by atoms with van der Waals surface area (Å²) in [6.45, 7) is 0.352. The SMILES string of the molecule is C#CCn1c(=NC(=O)CC2CCCC2)sc2cc(OC)c(OC)cc21. The number of terminal acetylenes is 1. The molecule has 1 aromatic carbocycles. The number of rotatable bonds is 5. The fourth-order valence-electron chi connectivity index (χ4n) is 3.34. The van der Waals surface area contributed by atoms with Gasteiger partial charge >= 0.3 is 0 Å². The molecule has 1 aliphatic carbocycles. The minimum absolute atomic E-state index is 0.0665. The minimum Gasteiger partial charge on any atom is -0.493 e. The van der Waals surface area contributed by atoms with E-state index in [-0.39, 0.29) is 5.91 Å². The van der Waals surface area contributed by atoms with Gasteiger partial charge in [0.15, 0.2) is 16.3 Å². The number of carbonyl (C=O) groups is 1. The van der Waals surface area contributed by atoms with Crippen LogP contribution in [-0.2, 0) is 11.3 Å². The Morgan fingerprint density at radius 3 is 2.64 bits per heavy atom. The zero-order chi connectivity index (χ0) is 17.8. The van der Waals surface area contributed by atoms with Crippen LogP contribution in [0, 0.1) is 18.3 Å². The van der Waals surface area contributed by atoms with E-state index in [2.05, 4.69) is 10.9 Å². The second-order valence-corrected chi connectivity index (χ2v) is 7.22. The van der Waals surface area contributed by atoms with Crippen molar-refractivity contribution in [1.29, 1.82) is 0 Å². The molecule has 25 heavy (non-hydrogen) atoms. The second-order valence-electron chi connectivity index (χ2n) is 6.21. The average molecular weight is 358 g/mol. The molecule has 1 aromatic heterocycles. The summed E-state index contributed by atoms with van der Waals surface area (Å²) in [7, 11) is 3.20. The van der Waals surface area contributed by atoms with Crippen LogP contribution in [0.1, 0.15) is 32.1 Å². The molecule has 1 saturated carbocycles. The van der Waals surface area contributed by atoms with Crippen LogP contribution in [0.4, 0.5) is 0 Å². The van der Waals surface area contributed by atoms with Crippen molar-refractivity contribution < 1.29 is 14.3 Å². The molecule has 0 saturated heterocycles. The normalized spacial score (nSPS) is 15.5. The molecule has 0 radical (unpaired) electrons. The smallest absolute Gasteiger partial charge is 0.248 e. The molecule has 6 heteroatoms. The Kier molecular flexibility index (Phi) is 5.44. The molecule has 1 aliphatic rings. The lowest BCUT2D eigenvalue weighted by molar-refractivity contribution is -0.118. The standard InChI is InChI=1S/C19H22N2O3S/c1-4-9-21-14-11-15(23-2)16(24-3)12-17(14)25-19(21)20-18(22)10-13-7-5-6-8-13/h1,11-13H,5-10H2,2-3H3. The first-order valence-corrected chi connectivity index (χ1v) is 9.24. The Hall–Kier alpha value is -2.26. The van der Waals surface area contributed by atoms with Crippen LogP contribution in [0.15, 0.2) is 17.1 Å². The number of ether oxygens (including phenoxy) is 2. The Balaban J connectivity index is 2.04. The molecule has 0 unspecified atom stereocenters. The molecule has 5 nitrogen and oxygen atoms in total. The van der Waals surface area contributed by atoms with Gasteiger partial charge in [0.1, 0.15) is 0 Å². The molecule has 3 rings (SSSR count). The highest BCUT2D eigenvalue weighted by Gasteiger charge is 2.19. The average Bonchev–Trinajstić information content (AvgIpc) is 3.22. The van der Waals surface area contributed by atoms with Gasteiger partial charge in [-0.1, -0.05) is 30.1 Å². The number of methoxy groups -OCH3 is 2. The van der Waals surface area contributed by atoms with Gasteiger partial charge in [-0.25, -0.2) is 0 Å². The molecule has 2 aromatic rings. The largest absolute Gasteiger partial charge is 0.493 e. The van der Waals surface area contributed by atoms with E-state index >= 15 is 0 Å². The van der Waals surface area contributed by atoms with Crippen LogP contribution in [-0.4, -0.2) is 24.7 Å².